The molecule has 3 aliphatic heterocycles. The third-order valence-corrected chi connectivity index (χ3v) is 5.72. The van der Waals surface area contributed by atoms with Crippen molar-refractivity contribution in [1.29, 1.82) is 0 Å². The Morgan fingerprint density at radius 2 is 2.00 bits per heavy atom. The van der Waals surface area contributed by atoms with Crippen LogP contribution in [-0.2, 0) is 16.1 Å². The molecule has 1 aromatic heterocycles. The Balaban J connectivity index is 1.33. The molecule has 1 amide bonds. The van der Waals surface area contributed by atoms with Gasteiger partial charge in [0, 0.05) is 50.9 Å². The molecule has 3 saturated heterocycles. The molecule has 0 bridgehead atoms. The second-order valence-corrected chi connectivity index (χ2v) is 7.33. The highest BCUT2D eigenvalue weighted by Gasteiger charge is 2.42. The highest BCUT2D eigenvalue weighted by atomic mass is 16.5. The van der Waals surface area contributed by atoms with E-state index in [4.69, 9.17) is 9.15 Å². The molecule has 6 heteroatoms. The topological polar surface area (TPSA) is 49.2 Å². The Kier molecular flexibility index (Phi) is 4.61. The number of amides is 1. The van der Waals surface area contributed by atoms with Gasteiger partial charge in [-0.2, -0.15) is 0 Å². The Bertz CT molecular complexity index is 554. The summed E-state index contributed by atoms with van der Waals surface area (Å²) in [5, 5.41) is 0. The molecular formula is C18H27N3O3. The normalized spacial score (nSPS) is 32.0. The summed E-state index contributed by atoms with van der Waals surface area (Å²) >= 11 is 0. The van der Waals surface area contributed by atoms with E-state index < -0.39 is 0 Å². The van der Waals surface area contributed by atoms with Gasteiger partial charge in [0.25, 0.3) is 5.91 Å². The van der Waals surface area contributed by atoms with E-state index in [1.807, 2.05) is 17.2 Å². The fourth-order valence-corrected chi connectivity index (χ4v) is 4.24. The van der Waals surface area contributed by atoms with Crippen LogP contribution in [0.3, 0.4) is 0 Å². The summed E-state index contributed by atoms with van der Waals surface area (Å²) < 4.78 is 11.4. The van der Waals surface area contributed by atoms with E-state index in [0.29, 0.717) is 6.04 Å². The fraction of sp³-hybridized carbons (Fsp3) is 0.722. The number of carbonyl (C=O) groups is 1. The predicted molar refractivity (Wildman–Crippen MR) is 89.5 cm³/mol. The molecule has 1 aromatic rings. The van der Waals surface area contributed by atoms with Gasteiger partial charge in [0.15, 0.2) is 0 Å². The summed E-state index contributed by atoms with van der Waals surface area (Å²) in [6.07, 6.45) is 6.42. The lowest BCUT2D eigenvalue weighted by molar-refractivity contribution is -0.156. The number of rotatable bonds is 3. The van der Waals surface area contributed by atoms with E-state index in [1.165, 1.54) is 5.56 Å². The predicted octanol–water partition coefficient (Wildman–Crippen LogP) is 1.18. The van der Waals surface area contributed by atoms with Gasteiger partial charge in [0.05, 0.1) is 18.6 Å². The smallest absolute Gasteiger partial charge is 0.251 e. The van der Waals surface area contributed by atoms with Gasteiger partial charge >= 0.3 is 0 Å². The quantitative estimate of drug-likeness (QED) is 0.831. The molecule has 132 valence electrons. The zero-order chi connectivity index (χ0) is 16.5. The maximum Gasteiger partial charge on any atom is 0.251 e. The summed E-state index contributed by atoms with van der Waals surface area (Å²) in [6, 6.07) is 2.47. The number of likely N-dealkylation sites (N-methyl/N-ethyl adjacent to an activating group) is 1. The van der Waals surface area contributed by atoms with Gasteiger partial charge in [0.1, 0.15) is 6.10 Å². The fourth-order valence-electron chi connectivity index (χ4n) is 4.24. The average molecular weight is 333 g/mol. The number of carbonyl (C=O) groups excluding carboxylic acids is 1. The SMILES string of the molecule is CN1CCN(C(=O)[C@H]2CC[C@@H]3[C@@H](CCN3Cc3ccoc3)O2)CC1. The maximum absolute atomic E-state index is 12.7. The van der Waals surface area contributed by atoms with E-state index in [0.717, 1.165) is 58.5 Å². The van der Waals surface area contributed by atoms with Crippen molar-refractivity contribution in [3.05, 3.63) is 24.2 Å². The summed E-state index contributed by atoms with van der Waals surface area (Å²) in [5.74, 6) is 0.204. The molecule has 0 unspecified atom stereocenters. The van der Waals surface area contributed by atoms with Gasteiger partial charge in [-0.25, -0.2) is 0 Å². The van der Waals surface area contributed by atoms with E-state index in [1.54, 1.807) is 6.26 Å². The third-order valence-electron chi connectivity index (χ3n) is 5.72. The van der Waals surface area contributed by atoms with Crippen molar-refractivity contribution < 1.29 is 13.9 Å². The van der Waals surface area contributed by atoms with Gasteiger partial charge in [-0.1, -0.05) is 0 Å². The molecule has 24 heavy (non-hydrogen) atoms. The van der Waals surface area contributed by atoms with Crippen LogP contribution in [0, 0.1) is 0 Å². The molecular weight excluding hydrogens is 306 g/mol. The molecule has 3 atom stereocenters. The van der Waals surface area contributed by atoms with Crippen molar-refractivity contribution in [3.8, 4) is 0 Å². The first-order valence-electron chi connectivity index (χ1n) is 9.08. The van der Waals surface area contributed by atoms with Gasteiger partial charge in [0.2, 0.25) is 0 Å². The molecule has 0 spiro atoms. The molecule has 0 radical (unpaired) electrons. The van der Waals surface area contributed by atoms with Crippen LogP contribution in [-0.4, -0.2) is 78.6 Å². The lowest BCUT2D eigenvalue weighted by atomic mass is 9.98. The van der Waals surface area contributed by atoms with Crippen LogP contribution in [0.25, 0.3) is 0 Å². The number of hydrogen-bond acceptors (Lipinski definition) is 5. The Hall–Kier alpha value is -1.37. The monoisotopic (exact) mass is 333 g/mol. The first-order chi connectivity index (χ1) is 11.7. The van der Waals surface area contributed by atoms with Crippen molar-refractivity contribution in [2.24, 2.45) is 0 Å². The molecule has 0 saturated carbocycles. The maximum atomic E-state index is 12.7. The second-order valence-electron chi connectivity index (χ2n) is 7.33. The highest BCUT2D eigenvalue weighted by Crippen LogP contribution is 2.33. The second kappa shape index (κ2) is 6.86. The van der Waals surface area contributed by atoms with E-state index >= 15 is 0 Å². The molecule has 0 aromatic carbocycles. The minimum absolute atomic E-state index is 0.201. The van der Waals surface area contributed by atoms with Crippen LogP contribution in [0.1, 0.15) is 24.8 Å². The van der Waals surface area contributed by atoms with Gasteiger partial charge < -0.3 is 19.0 Å². The van der Waals surface area contributed by atoms with Crippen molar-refractivity contribution in [1.82, 2.24) is 14.7 Å². The zero-order valence-electron chi connectivity index (χ0n) is 14.4. The van der Waals surface area contributed by atoms with Crippen molar-refractivity contribution in [2.45, 2.75) is 44.1 Å². The van der Waals surface area contributed by atoms with Gasteiger partial charge in [-0.3, -0.25) is 9.69 Å². The number of hydrogen-bond donors (Lipinski definition) is 0. The summed E-state index contributed by atoms with van der Waals surface area (Å²) in [5.41, 5.74) is 1.21. The van der Waals surface area contributed by atoms with Gasteiger partial charge in [-0.15, -0.1) is 0 Å². The number of piperazine rings is 1. The Labute approximate surface area is 143 Å². The molecule has 6 nitrogen and oxygen atoms in total. The summed E-state index contributed by atoms with van der Waals surface area (Å²) in [6.45, 7) is 5.53. The number of furan rings is 1. The molecule has 3 fully saturated rings. The Morgan fingerprint density at radius 3 is 2.75 bits per heavy atom. The van der Waals surface area contributed by atoms with E-state index in [-0.39, 0.29) is 18.1 Å². The van der Waals surface area contributed by atoms with Crippen LogP contribution >= 0.6 is 0 Å². The summed E-state index contributed by atoms with van der Waals surface area (Å²) in [4.78, 5) is 19.5. The molecule has 4 heterocycles. The first-order valence-corrected chi connectivity index (χ1v) is 9.08. The zero-order valence-corrected chi connectivity index (χ0v) is 14.4. The van der Waals surface area contributed by atoms with Crippen molar-refractivity contribution in [3.63, 3.8) is 0 Å². The standard InChI is InChI=1S/C18H27N3O3/c1-19-7-9-20(10-8-19)18(22)17-3-2-15-16(24-17)4-6-21(15)12-14-5-11-23-13-14/h5,11,13,15-17H,2-4,6-10,12H2,1H3/t15-,16-,17-/m1/s1. The van der Waals surface area contributed by atoms with Crippen molar-refractivity contribution in [2.75, 3.05) is 39.8 Å². The number of nitrogens with zero attached hydrogens (tertiary/aromatic N) is 3. The lowest BCUT2D eigenvalue weighted by Crippen LogP contribution is -2.53. The average Bonchev–Trinajstić information content (AvgIpc) is 3.25. The largest absolute Gasteiger partial charge is 0.472 e. The number of fused-ring (bicyclic) bond motifs is 1. The highest BCUT2D eigenvalue weighted by molar-refractivity contribution is 5.81. The summed E-state index contributed by atoms with van der Waals surface area (Å²) in [7, 11) is 2.11. The first kappa shape index (κ1) is 16.1. The van der Waals surface area contributed by atoms with E-state index in [9.17, 15) is 4.79 Å². The van der Waals surface area contributed by atoms with Crippen LogP contribution in [0.2, 0.25) is 0 Å². The van der Waals surface area contributed by atoms with Gasteiger partial charge in [-0.05, 0) is 32.4 Å². The van der Waals surface area contributed by atoms with E-state index in [2.05, 4.69) is 16.8 Å². The Morgan fingerprint density at radius 1 is 1.17 bits per heavy atom. The molecule has 3 aliphatic rings. The number of ether oxygens (including phenoxy) is 1. The van der Waals surface area contributed by atoms with Crippen LogP contribution in [0.4, 0.5) is 0 Å². The minimum atomic E-state index is -0.233. The van der Waals surface area contributed by atoms with Crippen LogP contribution < -0.4 is 0 Å². The third kappa shape index (κ3) is 3.23. The van der Waals surface area contributed by atoms with Crippen molar-refractivity contribution >= 4 is 5.91 Å². The number of likely N-dealkylation sites (tertiary alicyclic amines) is 1. The van der Waals surface area contributed by atoms with Crippen LogP contribution in [0.15, 0.2) is 23.0 Å². The lowest BCUT2D eigenvalue weighted by Gasteiger charge is -2.39. The van der Waals surface area contributed by atoms with Crippen LogP contribution in [0.5, 0.6) is 0 Å². The minimum Gasteiger partial charge on any atom is -0.472 e. The molecule has 0 aliphatic carbocycles. The molecule has 0 N–H and O–H groups in total. The molecule has 4 rings (SSSR count).